The van der Waals surface area contributed by atoms with Crippen molar-refractivity contribution in [1.29, 1.82) is 0 Å². The van der Waals surface area contributed by atoms with Crippen LogP contribution in [0.1, 0.15) is 24.8 Å². The van der Waals surface area contributed by atoms with Crippen LogP contribution in [0.25, 0.3) is 5.57 Å². The van der Waals surface area contributed by atoms with E-state index in [0.29, 0.717) is 0 Å². The monoisotopic (exact) mass is 189 g/mol. The van der Waals surface area contributed by atoms with Gasteiger partial charge in [-0.3, -0.25) is 0 Å². The van der Waals surface area contributed by atoms with Gasteiger partial charge in [-0.2, -0.15) is 0 Å². The van der Waals surface area contributed by atoms with Gasteiger partial charge in [0.25, 0.3) is 0 Å². The lowest BCUT2D eigenvalue weighted by atomic mass is 10.0. The van der Waals surface area contributed by atoms with Crippen LogP contribution < -0.4 is 10.5 Å². The van der Waals surface area contributed by atoms with Gasteiger partial charge in [0, 0.05) is 11.3 Å². The molecule has 0 atom stereocenters. The minimum Gasteiger partial charge on any atom is -0.496 e. The summed E-state index contributed by atoms with van der Waals surface area (Å²) in [5.74, 6) is 0.923. The van der Waals surface area contributed by atoms with E-state index in [0.717, 1.165) is 29.9 Å². The first-order chi connectivity index (χ1) is 6.83. The Kier molecular flexibility index (Phi) is 2.44. The zero-order valence-electron chi connectivity index (χ0n) is 8.42. The number of rotatable bonds is 2. The molecule has 0 aliphatic heterocycles. The highest BCUT2D eigenvalue weighted by Gasteiger charge is 2.16. The molecular weight excluding hydrogens is 174 g/mol. The Morgan fingerprint density at radius 2 is 2.00 bits per heavy atom. The summed E-state index contributed by atoms with van der Waals surface area (Å²) in [6.45, 7) is 0. The first-order valence-electron chi connectivity index (χ1n) is 4.94. The average molecular weight is 189 g/mol. The second-order valence-corrected chi connectivity index (χ2v) is 3.56. The van der Waals surface area contributed by atoms with Gasteiger partial charge in [-0.25, -0.2) is 0 Å². The van der Waals surface area contributed by atoms with Gasteiger partial charge < -0.3 is 10.5 Å². The molecule has 2 N–H and O–H groups in total. The highest BCUT2D eigenvalue weighted by Crippen LogP contribution is 2.35. The van der Waals surface area contributed by atoms with Crippen molar-refractivity contribution in [3.05, 3.63) is 35.5 Å². The minimum atomic E-state index is 0.923. The average Bonchev–Trinajstić information content (AvgIpc) is 2.64. The molecule has 2 nitrogen and oxygen atoms in total. The van der Waals surface area contributed by atoms with Crippen LogP contribution in [0.15, 0.2) is 30.0 Å². The number of benzene rings is 1. The van der Waals surface area contributed by atoms with Crippen molar-refractivity contribution in [3.8, 4) is 5.75 Å². The van der Waals surface area contributed by atoms with E-state index in [9.17, 15) is 0 Å². The minimum absolute atomic E-state index is 0.923. The van der Waals surface area contributed by atoms with Crippen LogP contribution in [0.4, 0.5) is 0 Å². The molecule has 1 aliphatic rings. The Labute approximate surface area is 84.4 Å². The summed E-state index contributed by atoms with van der Waals surface area (Å²) in [7, 11) is 1.70. The first kappa shape index (κ1) is 9.13. The van der Waals surface area contributed by atoms with E-state index in [-0.39, 0.29) is 0 Å². The standard InChI is InChI=1S/C12H15NO/c1-14-12-8-3-2-5-10(12)9-6-4-7-11(9)13/h2-3,5,8H,4,6-7,13H2,1H3. The summed E-state index contributed by atoms with van der Waals surface area (Å²) in [5.41, 5.74) is 9.40. The van der Waals surface area contributed by atoms with Gasteiger partial charge in [0.2, 0.25) is 0 Å². The lowest BCUT2D eigenvalue weighted by Gasteiger charge is -2.09. The zero-order valence-corrected chi connectivity index (χ0v) is 8.42. The van der Waals surface area contributed by atoms with Crippen LogP contribution >= 0.6 is 0 Å². The molecule has 2 heteroatoms. The topological polar surface area (TPSA) is 35.2 Å². The van der Waals surface area contributed by atoms with Gasteiger partial charge in [-0.15, -0.1) is 0 Å². The van der Waals surface area contributed by atoms with Crippen molar-refractivity contribution in [2.24, 2.45) is 5.73 Å². The number of hydrogen-bond donors (Lipinski definition) is 1. The van der Waals surface area contributed by atoms with Crippen LogP contribution in [-0.4, -0.2) is 7.11 Å². The predicted octanol–water partition coefficient (Wildman–Crippen LogP) is 2.55. The van der Waals surface area contributed by atoms with E-state index < -0.39 is 0 Å². The SMILES string of the molecule is COc1ccccc1C1=C(N)CCC1. The molecule has 0 saturated carbocycles. The Hall–Kier alpha value is -1.44. The molecule has 0 unspecified atom stereocenters. The maximum absolute atomic E-state index is 5.96. The third-order valence-electron chi connectivity index (χ3n) is 2.69. The normalized spacial score (nSPS) is 16.1. The third-order valence-corrected chi connectivity index (χ3v) is 2.69. The van der Waals surface area contributed by atoms with Crippen LogP contribution in [0.3, 0.4) is 0 Å². The Morgan fingerprint density at radius 1 is 1.21 bits per heavy atom. The van der Waals surface area contributed by atoms with E-state index >= 15 is 0 Å². The van der Waals surface area contributed by atoms with Crippen molar-refractivity contribution in [1.82, 2.24) is 0 Å². The van der Waals surface area contributed by atoms with Crippen LogP contribution in [0.2, 0.25) is 0 Å². The lowest BCUT2D eigenvalue weighted by Crippen LogP contribution is -1.97. The molecule has 0 spiro atoms. The van der Waals surface area contributed by atoms with Crippen molar-refractivity contribution in [2.45, 2.75) is 19.3 Å². The van der Waals surface area contributed by atoms with E-state index in [2.05, 4.69) is 6.07 Å². The van der Waals surface area contributed by atoms with Crippen LogP contribution in [0.5, 0.6) is 5.75 Å². The molecule has 1 aliphatic carbocycles. The highest BCUT2D eigenvalue weighted by molar-refractivity contribution is 5.74. The molecule has 0 fully saturated rings. The fourth-order valence-corrected chi connectivity index (χ4v) is 1.97. The van der Waals surface area contributed by atoms with Crippen molar-refractivity contribution < 1.29 is 4.74 Å². The Morgan fingerprint density at radius 3 is 2.64 bits per heavy atom. The lowest BCUT2D eigenvalue weighted by molar-refractivity contribution is 0.413. The maximum atomic E-state index is 5.96. The quantitative estimate of drug-likeness (QED) is 0.776. The van der Waals surface area contributed by atoms with Crippen LogP contribution in [0, 0.1) is 0 Å². The van der Waals surface area contributed by atoms with E-state index in [4.69, 9.17) is 10.5 Å². The zero-order chi connectivity index (χ0) is 9.97. The van der Waals surface area contributed by atoms with Crippen LogP contribution in [-0.2, 0) is 0 Å². The van der Waals surface area contributed by atoms with Gasteiger partial charge >= 0.3 is 0 Å². The smallest absolute Gasteiger partial charge is 0.126 e. The first-order valence-corrected chi connectivity index (χ1v) is 4.94. The number of methoxy groups -OCH3 is 1. The van der Waals surface area contributed by atoms with Gasteiger partial charge in [0.15, 0.2) is 0 Å². The molecule has 0 amide bonds. The summed E-state index contributed by atoms with van der Waals surface area (Å²) in [4.78, 5) is 0. The largest absolute Gasteiger partial charge is 0.496 e. The van der Waals surface area contributed by atoms with Crippen molar-refractivity contribution in [2.75, 3.05) is 7.11 Å². The van der Waals surface area contributed by atoms with Gasteiger partial charge in [-0.1, -0.05) is 18.2 Å². The van der Waals surface area contributed by atoms with Crippen molar-refractivity contribution >= 4 is 5.57 Å². The molecule has 0 aromatic heterocycles. The molecular formula is C12H15NO. The molecule has 0 saturated heterocycles. The van der Waals surface area contributed by atoms with Crippen molar-refractivity contribution in [3.63, 3.8) is 0 Å². The summed E-state index contributed by atoms with van der Waals surface area (Å²) < 4.78 is 5.32. The number of para-hydroxylation sites is 1. The summed E-state index contributed by atoms with van der Waals surface area (Å²) in [5, 5.41) is 0. The second-order valence-electron chi connectivity index (χ2n) is 3.56. The molecule has 0 heterocycles. The second kappa shape index (κ2) is 3.74. The number of ether oxygens (including phenoxy) is 1. The van der Waals surface area contributed by atoms with Gasteiger partial charge in [0.05, 0.1) is 7.11 Å². The molecule has 2 rings (SSSR count). The van der Waals surface area contributed by atoms with E-state index in [1.807, 2.05) is 18.2 Å². The molecule has 74 valence electrons. The molecule has 1 aromatic carbocycles. The fourth-order valence-electron chi connectivity index (χ4n) is 1.97. The maximum Gasteiger partial charge on any atom is 0.126 e. The molecule has 1 aromatic rings. The molecule has 14 heavy (non-hydrogen) atoms. The molecule has 0 radical (unpaired) electrons. The predicted molar refractivity (Wildman–Crippen MR) is 58.0 cm³/mol. The van der Waals surface area contributed by atoms with E-state index in [1.165, 1.54) is 12.0 Å². The number of nitrogens with two attached hydrogens (primary N) is 1. The number of hydrogen-bond acceptors (Lipinski definition) is 2. The number of allylic oxidation sites excluding steroid dienone is 2. The Bertz CT molecular complexity index is 368. The molecule has 0 bridgehead atoms. The summed E-state index contributed by atoms with van der Waals surface area (Å²) in [6.07, 6.45) is 3.26. The summed E-state index contributed by atoms with van der Waals surface area (Å²) >= 11 is 0. The summed E-state index contributed by atoms with van der Waals surface area (Å²) in [6, 6.07) is 8.06. The highest BCUT2D eigenvalue weighted by atomic mass is 16.5. The van der Waals surface area contributed by atoms with Gasteiger partial charge in [0.1, 0.15) is 5.75 Å². The van der Waals surface area contributed by atoms with E-state index in [1.54, 1.807) is 7.11 Å². The fraction of sp³-hybridized carbons (Fsp3) is 0.333. The Balaban J connectivity index is 2.45. The van der Waals surface area contributed by atoms with Gasteiger partial charge in [-0.05, 0) is 30.9 Å². The third kappa shape index (κ3) is 1.48.